The van der Waals surface area contributed by atoms with Gasteiger partial charge in [0.25, 0.3) is 11.9 Å². The average Bonchev–Trinajstić information content (AvgIpc) is 3.46. The first-order valence-electron chi connectivity index (χ1n) is 10.6. The lowest BCUT2D eigenvalue weighted by molar-refractivity contribution is 0.102. The van der Waals surface area contributed by atoms with Gasteiger partial charge in [-0.15, -0.1) is 0 Å². The Bertz CT molecular complexity index is 1070. The summed E-state index contributed by atoms with van der Waals surface area (Å²) in [5.74, 6) is -0.290. The first kappa shape index (κ1) is 18.9. The summed E-state index contributed by atoms with van der Waals surface area (Å²) in [6, 6.07) is 4.62. The highest BCUT2D eigenvalue weighted by Gasteiger charge is 2.25. The van der Waals surface area contributed by atoms with Crippen molar-refractivity contribution in [1.29, 1.82) is 0 Å². The predicted molar refractivity (Wildman–Crippen MR) is 116 cm³/mol. The van der Waals surface area contributed by atoms with Crippen LogP contribution in [-0.4, -0.2) is 52.9 Å². The molecule has 1 unspecified atom stereocenters. The maximum atomic E-state index is 13.0. The number of oxazole rings is 1. The number of fused-ring (bicyclic) bond motifs is 1. The molecule has 4 heterocycles. The number of piperidine rings is 1. The van der Waals surface area contributed by atoms with Crippen LogP contribution in [0.2, 0.25) is 0 Å². The van der Waals surface area contributed by atoms with Crippen LogP contribution >= 0.6 is 0 Å². The second-order valence-corrected chi connectivity index (χ2v) is 8.24. The van der Waals surface area contributed by atoms with Crippen LogP contribution in [0.4, 0.5) is 17.4 Å². The minimum atomic E-state index is -0.290. The van der Waals surface area contributed by atoms with Gasteiger partial charge in [0.1, 0.15) is 6.26 Å². The van der Waals surface area contributed by atoms with E-state index in [1.165, 1.54) is 12.7 Å². The lowest BCUT2D eigenvalue weighted by Crippen LogP contribution is -2.30. The molecule has 158 valence electrons. The van der Waals surface area contributed by atoms with Gasteiger partial charge in [0.2, 0.25) is 0 Å². The van der Waals surface area contributed by atoms with Crippen LogP contribution in [0.25, 0.3) is 10.9 Å². The van der Waals surface area contributed by atoms with Crippen molar-refractivity contribution in [1.82, 2.24) is 14.8 Å². The van der Waals surface area contributed by atoms with Crippen molar-refractivity contribution in [2.24, 2.45) is 12.8 Å². The molecular weight excluding hydrogens is 382 g/mol. The monoisotopic (exact) mass is 409 g/mol. The van der Waals surface area contributed by atoms with Gasteiger partial charge in [-0.05, 0) is 37.8 Å². The number of nitrogens with one attached hydrogen (secondary N) is 1. The molecule has 2 aliphatic rings. The van der Waals surface area contributed by atoms with Crippen LogP contribution < -0.4 is 20.9 Å². The lowest BCUT2D eigenvalue weighted by Gasteiger charge is -2.30. The molecule has 1 aromatic carbocycles. The Morgan fingerprint density at radius 1 is 1.20 bits per heavy atom. The summed E-state index contributed by atoms with van der Waals surface area (Å²) in [5, 5.41) is 8.60. The van der Waals surface area contributed by atoms with Gasteiger partial charge >= 0.3 is 0 Å². The Morgan fingerprint density at radius 3 is 2.80 bits per heavy atom. The minimum Gasteiger partial charge on any atom is -0.431 e. The van der Waals surface area contributed by atoms with Crippen LogP contribution in [-0.2, 0) is 7.05 Å². The zero-order valence-corrected chi connectivity index (χ0v) is 17.2. The fraction of sp³-hybridized carbons (Fsp3) is 0.476. The number of anilines is 3. The number of nitrogens with zero attached hydrogens (tertiary/aromatic N) is 5. The Labute approximate surface area is 174 Å². The quantitative estimate of drug-likeness (QED) is 0.681. The molecule has 3 N–H and O–H groups in total. The molecule has 9 nitrogen and oxygen atoms in total. The van der Waals surface area contributed by atoms with E-state index in [-0.39, 0.29) is 17.6 Å². The summed E-state index contributed by atoms with van der Waals surface area (Å²) in [4.78, 5) is 21.7. The second-order valence-electron chi connectivity index (χ2n) is 8.24. The highest BCUT2D eigenvalue weighted by atomic mass is 16.4. The fourth-order valence-corrected chi connectivity index (χ4v) is 4.34. The van der Waals surface area contributed by atoms with E-state index in [0.717, 1.165) is 61.2 Å². The second kappa shape index (κ2) is 7.64. The van der Waals surface area contributed by atoms with Gasteiger partial charge in [0.05, 0.1) is 16.9 Å². The van der Waals surface area contributed by atoms with Crippen molar-refractivity contribution in [3.63, 3.8) is 0 Å². The summed E-state index contributed by atoms with van der Waals surface area (Å²) in [7, 11) is 1.90. The predicted octanol–water partition coefficient (Wildman–Crippen LogP) is 2.34. The molecule has 0 radical (unpaired) electrons. The Balaban J connectivity index is 1.42. The largest absolute Gasteiger partial charge is 0.431 e. The maximum absolute atomic E-state index is 13.0. The number of rotatable bonds is 4. The maximum Gasteiger partial charge on any atom is 0.298 e. The van der Waals surface area contributed by atoms with Crippen molar-refractivity contribution in [3.8, 4) is 0 Å². The first-order valence-corrected chi connectivity index (χ1v) is 10.6. The van der Waals surface area contributed by atoms with E-state index in [9.17, 15) is 4.79 Å². The summed E-state index contributed by atoms with van der Waals surface area (Å²) in [6.45, 7) is 3.45. The van der Waals surface area contributed by atoms with E-state index in [0.29, 0.717) is 12.6 Å². The Morgan fingerprint density at radius 2 is 2.03 bits per heavy atom. The molecule has 2 aliphatic heterocycles. The van der Waals surface area contributed by atoms with E-state index in [4.69, 9.17) is 10.2 Å². The van der Waals surface area contributed by atoms with Crippen molar-refractivity contribution < 1.29 is 9.21 Å². The van der Waals surface area contributed by atoms with E-state index in [2.05, 4.69) is 26.4 Å². The summed E-state index contributed by atoms with van der Waals surface area (Å²) in [5.41, 5.74) is 8.85. The topological polar surface area (TPSA) is 105 Å². The van der Waals surface area contributed by atoms with Crippen LogP contribution in [0, 0.1) is 0 Å². The zero-order chi connectivity index (χ0) is 20.7. The van der Waals surface area contributed by atoms with E-state index >= 15 is 0 Å². The number of aryl methyl sites for hydroxylation is 1. The van der Waals surface area contributed by atoms with E-state index in [1.54, 1.807) is 4.68 Å². The standard InChI is InChI=1S/C21H27N7O2/c1-26-11-14-9-19(27-6-3-2-4-7-27)17(10-16(14)25-26)23-20(29)18-13-30-21(24-18)28-8-5-15(22)12-28/h9-11,13,15H,2-8,12,22H2,1H3,(H,23,29). The minimum absolute atomic E-state index is 0.117. The average molecular weight is 409 g/mol. The number of carbonyl (C=O) groups is 1. The molecule has 0 saturated carbocycles. The molecule has 1 atom stereocenters. The number of nitrogens with two attached hydrogens (primary N) is 1. The molecule has 9 heteroatoms. The van der Waals surface area contributed by atoms with Crippen LogP contribution in [0.3, 0.4) is 0 Å². The van der Waals surface area contributed by atoms with Crippen molar-refractivity contribution in [3.05, 3.63) is 30.3 Å². The summed E-state index contributed by atoms with van der Waals surface area (Å²) in [6.07, 6.45) is 7.86. The van der Waals surface area contributed by atoms with Crippen molar-refractivity contribution in [2.45, 2.75) is 31.7 Å². The van der Waals surface area contributed by atoms with Gasteiger partial charge in [0.15, 0.2) is 5.69 Å². The highest BCUT2D eigenvalue weighted by Crippen LogP contribution is 2.33. The molecule has 2 saturated heterocycles. The van der Waals surface area contributed by atoms with Gasteiger partial charge in [-0.1, -0.05) is 0 Å². The van der Waals surface area contributed by atoms with Gasteiger partial charge in [-0.3, -0.25) is 9.48 Å². The normalized spacial score (nSPS) is 19.6. The first-order chi connectivity index (χ1) is 14.6. The van der Waals surface area contributed by atoms with Crippen LogP contribution in [0.1, 0.15) is 36.2 Å². The number of benzene rings is 1. The molecule has 5 rings (SSSR count). The molecule has 2 aromatic heterocycles. The molecule has 0 spiro atoms. The van der Waals surface area contributed by atoms with Gasteiger partial charge in [-0.2, -0.15) is 10.1 Å². The number of hydrogen-bond acceptors (Lipinski definition) is 7. The SMILES string of the molecule is Cn1cc2cc(N3CCCCC3)c(NC(=O)c3coc(N4CCC(N)C4)n3)cc2n1. The molecule has 3 aromatic rings. The molecule has 0 aliphatic carbocycles. The van der Waals surface area contributed by atoms with Crippen molar-refractivity contribution in [2.75, 3.05) is 41.3 Å². The molecule has 2 fully saturated rings. The van der Waals surface area contributed by atoms with Gasteiger partial charge in [-0.25, -0.2) is 0 Å². The van der Waals surface area contributed by atoms with Gasteiger partial charge < -0.3 is 25.3 Å². The highest BCUT2D eigenvalue weighted by molar-refractivity contribution is 6.06. The Kier molecular flexibility index (Phi) is 4.82. The van der Waals surface area contributed by atoms with Crippen molar-refractivity contribution >= 4 is 34.2 Å². The molecule has 0 bridgehead atoms. The van der Waals surface area contributed by atoms with Gasteiger partial charge in [0, 0.05) is 50.9 Å². The lowest BCUT2D eigenvalue weighted by atomic mass is 10.1. The third kappa shape index (κ3) is 3.60. The number of hydrogen-bond donors (Lipinski definition) is 2. The number of amides is 1. The third-order valence-corrected chi connectivity index (χ3v) is 5.90. The molecule has 1 amide bonds. The van der Waals surface area contributed by atoms with Crippen LogP contribution in [0.15, 0.2) is 29.0 Å². The smallest absolute Gasteiger partial charge is 0.298 e. The molecule has 30 heavy (non-hydrogen) atoms. The number of carbonyl (C=O) groups excluding carboxylic acids is 1. The van der Waals surface area contributed by atoms with E-state index < -0.39 is 0 Å². The number of aromatic nitrogens is 3. The summed E-state index contributed by atoms with van der Waals surface area (Å²) < 4.78 is 7.34. The fourth-order valence-electron chi connectivity index (χ4n) is 4.34. The van der Waals surface area contributed by atoms with Crippen LogP contribution in [0.5, 0.6) is 0 Å². The zero-order valence-electron chi connectivity index (χ0n) is 17.2. The molecular formula is C21H27N7O2. The Hall–Kier alpha value is -3.07. The van der Waals surface area contributed by atoms with E-state index in [1.807, 2.05) is 24.2 Å². The summed E-state index contributed by atoms with van der Waals surface area (Å²) >= 11 is 0. The third-order valence-electron chi connectivity index (χ3n) is 5.90.